The van der Waals surface area contributed by atoms with Crippen molar-refractivity contribution in [3.05, 3.63) is 111 Å². The molecular formula is C30H30FN7O2. The zero-order valence-electron chi connectivity index (χ0n) is 22.4. The SMILES string of the molecule is COc1ccc(Cn2nnnc2C(c2cc3ccc(C)cc3[nH]c2=O)N2CCN(c3ccccc3F)CC2)cc1. The first-order valence-corrected chi connectivity index (χ1v) is 13.3. The summed E-state index contributed by atoms with van der Waals surface area (Å²) in [6.07, 6.45) is 0. The van der Waals surface area contributed by atoms with E-state index in [-0.39, 0.29) is 11.4 Å². The maximum atomic E-state index is 14.5. The summed E-state index contributed by atoms with van der Waals surface area (Å²) >= 11 is 0. The molecule has 1 atom stereocenters. The van der Waals surface area contributed by atoms with Crippen LogP contribution in [0, 0.1) is 12.7 Å². The molecule has 1 aliphatic rings. The highest BCUT2D eigenvalue weighted by Crippen LogP contribution is 2.30. The van der Waals surface area contributed by atoms with Crippen LogP contribution in [0.1, 0.15) is 28.6 Å². The van der Waals surface area contributed by atoms with Gasteiger partial charge in [0.2, 0.25) is 0 Å². The number of ether oxygens (including phenoxy) is 1. The number of hydrogen-bond acceptors (Lipinski definition) is 7. The molecule has 1 aliphatic heterocycles. The number of pyridine rings is 1. The number of nitrogens with zero attached hydrogens (tertiary/aromatic N) is 6. The van der Waals surface area contributed by atoms with Crippen molar-refractivity contribution in [1.29, 1.82) is 0 Å². The van der Waals surface area contributed by atoms with Gasteiger partial charge in [-0.3, -0.25) is 9.69 Å². The van der Waals surface area contributed by atoms with Crippen LogP contribution in [0.4, 0.5) is 10.1 Å². The Labute approximate surface area is 230 Å². The van der Waals surface area contributed by atoms with Crippen LogP contribution in [0.15, 0.2) is 77.6 Å². The predicted octanol–water partition coefficient (Wildman–Crippen LogP) is 3.93. The number of tetrazole rings is 1. The second-order valence-corrected chi connectivity index (χ2v) is 10.1. The number of aromatic nitrogens is 5. The number of H-pyrrole nitrogens is 1. The fourth-order valence-electron chi connectivity index (χ4n) is 5.39. The molecule has 1 fully saturated rings. The largest absolute Gasteiger partial charge is 0.497 e. The molecule has 2 aromatic heterocycles. The fourth-order valence-corrected chi connectivity index (χ4v) is 5.39. The lowest BCUT2D eigenvalue weighted by Crippen LogP contribution is -2.49. The molecule has 1 saturated heterocycles. The summed E-state index contributed by atoms with van der Waals surface area (Å²) in [7, 11) is 1.63. The summed E-state index contributed by atoms with van der Waals surface area (Å²) in [4.78, 5) is 20.9. The number of methoxy groups -OCH3 is 1. The third kappa shape index (κ3) is 5.05. The minimum absolute atomic E-state index is 0.182. The number of benzene rings is 3. The lowest BCUT2D eigenvalue weighted by atomic mass is 10.0. The standard InChI is InChI=1S/C30H30FN7O2/c1-20-7-10-22-18-24(30(39)32-26(22)17-20)28(37-15-13-36(14-16-37)27-6-4-3-5-25(27)31)29-33-34-35-38(29)19-21-8-11-23(40-2)12-9-21/h3-12,17-18,28H,13-16,19H2,1-2H3,(H,32,39). The van der Waals surface area contributed by atoms with E-state index in [1.807, 2.05) is 66.4 Å². The smallest absolute Gasteiger partial charge is 0.253 e. The second-order valence-electron chi connectivity index (χ2n) is 10.1. The van der Waals surface area contributed by atoms with Gasteiger partial charge in [-0.05, 0) is 70.3 Å². The Morgan fingerprint density at radius 1 is 1.00 bits per heavy atom. The van der Waals surface area contributed by atoms with Crippen LogP contribution in [0.5, 0.6) is 5.75 Å². The van der Waals surface area contributed by atoms with Gasteiger partial charge in [0.25, 0.3) is 5.56 Å². The molecule has 204 valence electrons. The van der Waals surface area contributed by atoms with E-state index >= 15 is 0 Å². The van der Waals surface area contributed by atoms with Crippen LogP contribution in [0.25, 0.3) is 10.9 Å². The Balaban J connectivity index is 1.37. The van der Waals surface area contributed by atoms with Crippen LogP contribution in [0.3, 0.4) is 0 Å². The summed E-state index contributed by atoms with van der Waals surface area (Å²) < 4.78 is 21.5. The van der Waals surface area contributed by atoms with Crippen molar-refractivity contribution in [2.45, 2.75) is 19.5 Å². The van der Waals surface area contributed by atoms with Crippen molar-refractivity contribution >= 4 is 16.6 Å². The molecule has 5 aromatic rings. The number of fused-ring (bicyclic) bond motifs is 1. The van der Waals surface area contributed by atoms with Crippen molar-refractivity contribution < 1.29 is 9.13 Å². The number of hydrogen-bond donors (Lipinski definition) is 1. The van der Waals surface area contributed by atoms with Crippen molar-refractivity contribution in [3.8, 4) is 5.75 Å². The summed E-state index contributed by atoms with van der Waals surface area (Å²) in [5.41, 5.74) is 3.83. The Hall–Kier alpha value is -4.57. The zero-order chi connectivity index (χ0) is 27.6. The normalized spacial score (nSPS) is 14.9. The molecule has 40 heavy (non-hydrogen) atoms. The molecule has 10 heteroatoms. The highest BCUT2D eigenvalue weighted by molar-refractivity contribution is 5.79. The molecule has 0 saturated carbocycles. The van der Waals surface area contributed by atoms with Gasteiger partial charge < -0.3 is 14.6 Å². The molecule has 0 aliphatic carbocycles. The fraction of sp³-hybridized carbons (Fsp3) is 0.267. The lowest BCUT2D eigenvalue weighted by molar-refractivity contribution is 0.200. The molecular weight excluding hydrogens is 509 g/mol. The van der Waals surface area contributed by atoms with E-state index < -0.39 is 6.04 Å². The Kier molecular flexibility index (Phi) is 7.00. The van der Waals surface area contributed by atoms with Gasteiger partial charge in [0.15, 0.2) is 5.82 Å². The average molecular weight is 540 g/mol. The minimum Gasteiger partial charge on any atom is -0.497 e. The van der Waals surface area contributed by atoms with Crippen molar-refractivity contribution in [3.63, 3.8) is 0 Å². The number of piperazine rings is 1. The van der Waals surface area contributed by atoms with E-state index in [0.29, 0.717) is 49.8 Å². The third-order valence-corrected chi connectivity index (χ3v) is 7.49. The van der Waals surface area contributed by atoms with Gasteiger partial charge >= 0.3 is 0 Å². The Morgan fingerprint density at radius 2 is 1.77 bits per heavy atom. The summed E-state index contributed by atoms with van der Waals surface area (Å²) in [6, 6.07) is 22.0. The van der Waals surface area contributed by atoms with Gasteiger partial charge in [-0.2, -0.15) is 0 Å². The van der Waals surface area contributed by atoms with E-state index in [9.17, 15) is 9.18 Å². The van der Waals surface area contributed by atoms with Gasteiger partial charge in [0.1, 0.15) is 17.6 Å². The molecule has 9 nitrogen and oxygen atoms in total. The number of para-hydroxylation sites is 1. The Morgan fingerprint density at radius 3 is 2.52 bits per heavy atom. The summed E-state index contributed by atoms with van der Waals surface area (Å²) in [6.45, 7) is 4.82. The first kappa shape index (κ1) is 25.7. The summed E-state index contributed by atoms with van der Waals surface area (Å²) in [5.74, 6) is 1.11. The maximum Gasteiger partial charge on any atom is 0.253 e. The van der Waals surface area contributed by atoms with Crippen LogP contribution in [-0.2, 0) is 6.54 Å². The number of aryl methyl sites for hydroxylation is 1. The van der Waals surface area contributed by atoms with Crippen LogP contribution in [-0.4, -0.2) is 63.4 Å². The number of aromatic amines is 1. The zero-order valence-corrected chi connectivity index (χ0v) is 22.4. The highest BCUT2D eigenvalue weighted by atomic mass is 19.1. The molecule has 0 radical (unpaired) electrons. The molecule has 0 amide bonds. The molecule has 3 heterocycles. The van der Waals surface area contributed by atoms with E-state index in [0.717, 1.165) is 27.8 Å². The van der Waals surface area contributed by atoms with Gasteiger partial charge in [-0.25, -0.2) is 9.07 Å². The molecule has 1 unspecified atom stereocenters. The van der Waals surface area contributed by atoms with Gasteiger partial charge in [-0.1, -0.05) is 36.4 Å². The monoisotopic (exact) mass is 539 g/mol. The van der Waals surface area contributed by atoms with Crippen LogP contribution < -0.4 is 15.2 Å². The number of halogens is 1. The van der Waals surface area contributed by atoms with E-state index in [4.69, 9.17) is 4.74 Å². The first-order valence-electron chi connectivity index (χ1n) is 13.3. The van der Waals surface area contributed by atoms with Gasteiger partial charge in [0, 0.05) is 37.3 Å². The molecule has 0 bridgehead atoms. The number of nitrogens with one attached hydrogen (secondary N) is 1. The third-order valence-electron chi connectivity index (χ3n) is 7.49. The number of anilines is 1. The van der Waals surface area contributed by atoms with Crippen molar-refractivity contribution in [2.75, 3.05) is 38.2 Å². The predicted molar refractivity (Wildman–Crippen MR) is 151 cm³/mol. The Bertz CT molecular complexity index is 1690. The average Bonchev–Trinajstić information content (AvgIpc) is 3.42. The second kappa shape index (κ2) is 10.9. The summed E-state index contributed by atoms with van der Waals surface area (Å²) in [5, 5.41) is 13.7. The van der Waals surface area contributed by atoms with E-state index in [2.05, 4.69) is 25.4 Å². The van der Waals surface area contributed by atoms with Gasteiger partial charge in [-0.15, -0.1) is 5.10 Å². The molecule has 1 N–H and O–H groups in total. The molecule has 6 rings (SSSR count). The van der Waals surface area contributed by atoms with E-state index in [1.165, 1.54) is 6.07 Å². The quantitative estimate of drug-likeness (QED) is 0.335. The van der Waals surface area contributed by atoms with Crippen molar-refractivity contribution in [2.24, 2.45) is 0 Å². The highest BCUT2D eigenvalue weighted by Gasteiger charge is 2.33. The van der Waals surface area contributed by atoms with Crippen LogP contribution >= 0.6 is 0 Å². The molecule has 3 aromatic carbocycles. The lowest BCUT2D eigenvalue weighted by Gasteiger charge is -2.39. The van der Waals surface area contributed by atoms with Gasteiger partial charge in [0.05, 0.1) is 19.3 Å². The minimum atomic E-state index is -0.495. The van der Waals surface area contributed by atoms with Crippen LogP contribution in [0.2, 0.25) is 0 Å². The van der Waals surface area contributed by atoms with E-state index in [1.54, 1.807) is 23.9 Å². The maximum absolute atomic E-state index is 14.5. The van der Waals surface area contributed by atoms with Crippen molar-refractivity contribution in [1.82, 2.24) is 30.1 Å². The first-order chi connectivity index (χ1) is 19.5. The molecule has 0 spiro atoms. The number of rotatable bonds is 7. The topological polar surface area (TPSA) is 92.2 Å².